The van der Waals surface area contributed by atoms with E-state index in [9.17, 15) is 4.39 Å². The first kappa shape index (κ1) is 14.6. The molecule has 0 bridgehead atoms. The summed E-state index contributed by atoms with van der Waals surface area (Å²) in [4.78, 5) is 0. The number of halogens is 2. The van der Waals surface area contributed by atoms with Crippen LogP contribution in [0, 0.1) is 5.82 Å². The van der Waals surface area contributed by atoms with Crippen molar-refractivity contribution in [3.05, 3.63) is 58.4 Å². The van der Waals surface area contributed by atoms with Gasteiger partial charge in [-0.15, -0.1) is 0 Å². The van der Waals surface area contributed by atoms with E-state index in [0.29, 0.717) is 16.3 Å². The van der Waals surface area contributed by atoms with Gasteiger partial charge in [-0.2, -0.15) is 0 Å². The highest BCUT2D eigenvalue weighted by Crippen LogP contribution is 2.25. The van der Waals surface area contributed by atoms with Gasteiger partial charge in [-0.25, -0.2) is 4.39 Å². The molecule has 0 aliphatic heterocycles. The monoisotopic (exact) mass is 296 g/mol. The second-order valence-corrected chi connectivity index (χ2v) is 4.60. The minimum Gasteiger partial charge on any atom is -0.496 e. The molecule has 0 unspecified atom stereocenters. The summed E-state index contributed by atoms with van der Waals surface area (Å²) in [6.07, 6.45) is 0. The normalized spacial score (nSPS) is 10.4. The lowest BCUT2D eigenvalue weighted by Gasteiger charge is -2.11. The van der Waals surface area contributed by atoms with E-state index in [1.807, 2.05) is 0 Å². The molecule has 0 aliphatic carbocycles. The van der Waals surface area contributed by atoms with E-state index in [1.54, 1.807) is 31.4 Å². The highest BCUT2D eigenvalue weighted by Gasteiger charge is 2.08. The predicted molar refractivity (Wildman–Crippen MR) is 74.7 cm³/mol. The molecule has 3 nitrogen and oxygen atoms in total. The maximum atomic E-state index is 13.7. The number of benzene rings is 2. The molecular weight excluding hydrogens is 283 g/mol. The Morgan fingerprint density at radius 1 is 1.15 bits per heavy atom. The molecule has 2 aromatic rings. The summed E-state index contributed by atoms with van der Waals surface area (Å²) in [6.45, 7) is -0.0710. The number of aliphatic hydroxyl groups excluding tert-OH is 1. The van der Waals surface area contributed by atoms with Gasteiger partial charge in [0.2, 0.25) is 0 Å². The van der Waals surface area contributed by atoms with Gasteiger partial charge in [0.15, 0.2) is 11.6 Å². The summed E-state index contributed by atoms with van der Waals surface area (Å²) in [6, 6.07) is 9.48. The van der Waals surface area contributed by atoms with Gasteiger partial charge in [-0.05, 0) is 35.9 Å². The molecule has 0 fully saturated rings. The summed E-state index contributed by atoms with van der Waals surface area (Å²) in [5.74, 6) is 0.226. The van der Waals surface area contributed by atoms with Crippen molar-refractivity contribution >= 4 is 11.6 Å². The Morgan fingerprint density at radius 3 is 2.55 bits per heavy atom. The molecule has 0 saturated carbocycles. The second kappa shape index (κ2) is 6.59. The molecule has 0 radical (unpaired) electrons. The topological polar surface area (TPSA) is 38.7 Å². The predicted octanol–water partition coefficient (Wildman–Crippen LogP) is 3.56. The minimum atomic E-state index is -0.516. The molecule has 0 atom stereocenters. The summed E-state index contributed by atoms with van der Waals surface area (Å²) in [5.41, 5.74) is 1.22. The van der Waals surface area contributed by atoms with Crippen LogP contribution in [0.5, 0.6) is 11.5 Å². The van der Waals surface area contributed by atoms with Crippen molar-refractivity contribution in [1.82, 2.24) is 0 Å². The molecule has 0 spiro atoms. The Kier molecular flexibility index (Phi) is 4.82. The van der Waals surface area contributed by atoms with Crippen molar-refractivity contribution in [1.29, 1.82) is 0 Å². The smallest absolute Gasteiger partial charge is 0.165 e. The maximum absolute atomic E-state index is 13.7. The van der Waals surface area contributed by atoms with Gasteiger partial charge < -0.3 is 14.6 Å². The van der Waals surface area contributed by atoms with Crippen molar-refractivity contribution < 1.29 is 19.0 Å². The van der Waals surface area contributed by atoms with Crippen molar-refractivity contribution in [2.45, 2.75) is 13.2 Å². The van der Waals surface area contributed by atoms with E-state index in [1.165, 1.54) is 12.1 Å². The van der Waals surface area contributed by atoms with Gasteiger partial charge in [0.1, 0.15) is 12.4 Å². The number of hydrogen-bond donors (Lipinski definition) is 1. The molecule has 0 aromatic heterocycles. The number of ether oxygens (including phenoxy) is 2. The molecule has 5 heteroatoms. The maximum Gasteiger partial charge on any atom is 0.165 e. The van der Waals surface area contributed by atoms with Crippen LogP contribution in [0.1, 0.15) is 11.1 Å². The first-order valence-electron chi connectivity index (χ1n) is 5.98. The third-order valence-electron chi connectivity index (χ3n) is 2.80. The van der Waals surface area contributed by atoms with Crippen LogP contribution in [0.2, 0.25) is 5.02 Å². The van der Waals surface area contributed by atoms with E-state index < -0.39 is 5.82 Å². The third kappa shape index (κ3) is 3.40. The van der Waals surface area contributed by atoms with E-state index in [4.69, 9.17) is 26.2 Å². The molecule has 20 heavy (non-hydrogen) atoms. The van der Waals surface area contributed by atoms with Crippen LogP contribution in [-0.4, -0.2) is 12.2 Å². The Hall–Kier alpha value is -1.78. The molecule has 106 valence electrons. The van der Waals surface area contributed by atoms with Crippen LogP contribution in [0.15, 0.2) is 36.4 Å². The molecule has 2 rings (SSSR count). The fourth-order valence-electron chi connectivity index (χ4n) is 1.78. The third-order valence-corrected chi connectivity index (χ3v) is 3.04. The van der Waals surface area contributed by atoms with E-state index in [0.717, 1.165) is 5.56 Å². The zero-order valence-corrected chi connectivity index (χ0v) is 11.7. The van der Waals surface area contributed by atoms with Gasteiger partial charge in [-0.3, -0.25) is 0 Å². The van der Waals surface area contributed by atoms with Crippen LogP contribution >= 0.6 is 11.6 Å². The standard InChI is InChI=1S/C15H14ClFO3/c1-19-14-5-3-12(16)7-11(14)9-20-15-4-2-10(8-18)6-13(15)17/h2-7,18H,8-9H2,1H3. The van der Waals surface area contributed by atoms with Crippen LogP contribution < -0.4 is 9.47 Å². The van der Waals surface area contributed by atoms with Gasteiger partial charge in [0.05, 0.1) is 13.7 Å². The van der Waals surface area contributed by atoms with Crippen LogP contribution in [-0.2, 0) is 13.2 Å². The highest BCUT2D eigenvalue weighted by atomic mass is 35.5. The summed E-state index contributed by atoms with van der Waals surface area (Å²) < 4.78 is 24.3. The number of methoxy groups -OCH3 is 1. The molecule has 0 saturated heterocycles. The average molecular weight is 297 g/mol. The van der Waals surface area contributed by atoms with Crippen molar-refractivity contribution in [2.24, 2.45) is 0 Å². The molecule has 0 amide bonds. The number of rotatable bonds is 5. The Morgan fingerprint density at radius 2 is 1.90 bits per heavy atom. The fourth-order valence-corrected chi connectivity index (χ4v) is 1.97. The quantitative estimate of drug-likeness (QED) is 0.917. The number of hydrogen-bond acceptors (Lipinski definition) is 3. The first-order valence-corrected chi connectivity index (χ1v) is 6.36. The van der Waals surface area contributed by atoms with Crippen LogP contribution in [0.4, 0.5) is 4.39 Å². The number of aliphatic hydroxyl groups is 1. The summed E-state index contributed by atoms with van der Waals surface area (Å²) >= 11 is 5.91. The lowest BCUT2D eigenvalue weighted by Crippen LogP contribution is -2.00. The fraction of sp³-hybridized carbons (Fsp3) is 0.200. The van der Waals surface area contributed by atoms with Crippen molar-refractivity contribution in [3.63, 3.8) is 0 Å². The molecule has 0 heterocycles. The molecular formula is C15H14ClFO3. The second-order valence-electron chi connectivity index (χ2n) is 4.17. The lowest BCUT2D eigenvalue weighted by molar-refractivity contribution is 0.274. The SMILES string of the molecule is COc1ccc(Cl)cc1COc1ccc(CO)cc1F. The first-order chi connectivity index (χ1) is 9.63. The van der Waals surface area contributed by atoms with Gasteiger partial charge in [-0.1, -0.05) is 17.7 Å². The molecule has 1 N–H and O–H groups in total. The Balaban J connectivity index is 2.14. The summed E-state index contributed by atoms with van der Waals surface area (Å²) in [7, 11) is 1.55. The van der Waals surface area contributed by atoms with E-state index in [-0.39, 0.29) is 19.0 Å². The molecule has 2 aromatic carbocycles. The minimum absolute atomic E-state index is 0.115. The van der Waals surface area contributed by atoms with Crippen LogP contribution in [0.25, 0.3) is 0 Å². The zero-order chi connectivity index (χ0) is 14.5. The Bertz CT molecular complexity index is 602. The molecule has 0 aliphatic rings. The Labute approximate surface area is 121 Å². The van der Waals surface area contributed by atoms with Gasteiger partial charge in [0, 0.05) is 10.6 Å². The van der Waals surface area contributed by atoms with Gasteiger partial charge in [0.25, 0.3) is 0 Å². The average Bonchev–Trinajstić information content (AvgIpc) is 2.46. The van der Waals surface area contributed by atoms with Crippen molar-refractivity contribution in [3.8, 4) is 11.5 Å². The highest BCUT2D eigenvalue weighted by molar-refractivity contribution is 6.30. The van der Waals surface area contributed by atoms with Crippen molar-refractivity contribution in [2.75, 3.05) is 7.11 Å². The van der Waals surface area contributed by atoms with Crippen LogP contribution in [0.3, 0.4) is 0 Å². The van der Waals surface area contributed by atoms with E-state index >= 15 is 0 Å². The van der Waals surface area contributed by atoms with E-state index in [2.05, 4.69) is 0 Å². The summed E-state index contributed by atoms with van der Waals surface area (Å²) in [5, 5.41) is 9.48. The van der Waals surface area contributed by atoms with Gasteiger partial charge >= 0.3 is 0 Å². The zero-order valence-electron chi connectivity index (χ0n) is 10.9. The lowest BCUT2D eigenvalue weighted by atomic mass is 10.2. The largest absolute Gasteiger partial charge is 0.496 e.